The number of hydrogen-bond acceptors (Lipinski definition) is 4. The van der Waals surface area contributed by atoms with Crippen LogP contribution < -0.4 is 0 Å². The highest BCUT2D eigenvalue weighted by atomic mass is 16.5. The van der Waals surface area contributed by atoms with Gasteiger partial charge in [-0.1, -0.05) is 37.8 Å². The summed E-state index contributed by atoms with van der Waals surface area (Å²) in [6.45, 7) is 2.18. The largest absolute Gasteiger partial charge is 0.466 e. The fourth-order valence-electron chi connectivity index (χ4n) is 2.88. The number of methoxy groups -OCH3 is 1. The topological polar surface area (TPSA) is 57.0 Å². The van der Waals surface area contributed by atoms with Crippen molar-refractivity contribution >= 4 is 12.0 Å². The molecule has 0 saturated heterocycles. The first-order valence-electron chi connectivity index (χ1n) is 7.96. The molecule has 0 atom stereocenters. The van der Waals surface area contributed by atoms with Crippen molar-refractivity contribution in [2.24, 2.45) is 0 Å². The molecule has 0 radical (unpaired) electrons. The maximum absolute atomic E-state index is 11.3. The molecule has 5 heteroatoms. The minimum absolute atomic E-state index is 0.358. The third kappa shape index (κ3) is 4.16. The van der Waals surface area contributed by atoms with Crippen molar-refractivity contribution in [1.82, 2.24) is 15.0 Å². The van der Waals surface area contributed by atoms with Gasteiger partial charge >= 0.3 is 5.97 Å². The van der Waals surface area contributed by atoms with E-state index in [-0.39, 0.29) is 5.97 Å². The Kier molecular flexibility index (Phi) is 5.96. The van der Waals surface area contributed by atoms with E-state index >= 15 is 0 Å². The maximum atomic E-state index is 11.3. The van der Waals surface area contributed by atoms with Gasteiger partial charge in [-0.3, -0.25) is 0 Å². The molecule has 1 saturated carbocycles. The summed E-state index contributed by atoms with van der Waals surface area (Å²) in [6.07, 6.45) is 12.6. The van der Waals surface area contributed by atoms with Gasteiger partial charge in [-0.25, -0.2) is 9.48 Å². The molecule has 2 rings (SSSR count). The highest BCUT2D eigenvalue weighted by molar-refractivity contribution is 5.86. The van der Waals surface area contributed by atoms with E-state index in [9.17, 15) is 4.79 Å². The van der Waals surface area contributed by atoms with Gasteiger partial charge in [-0.05, 0) is 31.8 Å². The second kappa shape index (κ2) is 7.96. The molecule has 0 spiro atoms. The van der Waals surface area contributed by atoms with Crippen molar-refractivity contribution in [3.63, 3.8) is 0 Å². The third-order valence-electron chi connectivity index (χ3n) is 4.09. The van der Waals surface area contributed by atoms with Crippen molar-refractivity contribution in [3.05, 3.63) is 17.5 Å². The maximum Gasteiger partial charge on any atom is 0.330 e. The van der Waals surface area contributed by atoms with Crippen LogP contribution in [0.5, 0.6) is 0 Å². The van der Waals surface area contributed by atoms with E-state index in [4.69, 9.17) is 0 Å². The molecule has 21 heavy (non-hydrogen) atoms. The number of aromatic nitrogens is 3. The molecule has 0 bridgehead atoms. The molecule has 0 aromatic carbocycles. The highest BCUT2D eigenvalue weighted by Gasteiger charge is 2.21. The zero-order valence-corrected chi connectivity index (χ0v) is 13.0. The van der Waals surface area contributed by atoms with E-state index < -0.39 is 0 Å². The van der Waals surface area contributed by atoms with Crippen molar-refractivity contribution in [2.45, 2.75) is 64.3 Å². The lowest BCUT2D eigenvalue weighted by Crippen LogP contribution is -2.17. The van der Waals surface area contributed by atoms with Crippen LogP contribution in [0, 0.1) is 0 Å². The van der Waals surface area contributed by atoms with Gasteiger partial charge in [0.25, 0.3) is 0 Å². The van der Waals surface area contributed by atoms with Crippen LogP contribution in [0.2, 0.25) is 0 Å². The van der Waals surface area contributed by atoms with Crippen LogP contribution >= 0.6 is 0 Å². The number of carbonyl (C=O) groups is 1. The standard InChI is InChI=1S/C16H25N3O2/c1-3-4-10-15-14(11-12-16(20)21-2)17-18-19(15)13-8-6-5-7-9-13/h11-13H,3-10H2,1-2H3/b12-11+. The Morgan fingerprint density at radius 2 is 2.14 bits per heavy atom. The Hall–Kier alpha value is -1.65. The number of unbranched alkanes of at least 4 members (excludes halogenated alkanes) is 1. The average molecular weight is 291 g/mol. The van der Waals surface area contributed by atoms with Gasteiger partial charge in [0.05, 0.1) is 18.8 Å². The summed E-state index contributed by atoms with van der Waals surface area (Å²) in [6, 6.07) is 0.471. The summed E-state index contributed by atoms with van der Waals surface area (Å²) < 4.78 is 6.74. The van der Waals surface area contributed by atoms with Crippen LogP contribution in [0.15, 0.2) is 6.08 Å². The summed E-state index contributed by atoms with van der Waals surface area (Å²) in [4.78, 5) is 11.3. The first-order valence-corrected chi connectivity index (χ1v) is 7.96. The Balaban J connectivity index is 2.21. The number of hydrogen-bond donors (Lipinski definition) is 0. The molecule has 116 valence electrons. The van der Waals surface area contributed by atoms with E-state index in [2.05, 4.69) is 26.7 Å². The monoisotopic (exact) mass is 291 g/mol. The zero-order valence-electron chi connectivity index (χ0n) is 13.0. The average Bonchev–Trinajstić information content (AvgIpc) is 2.94. The first-order chi connectivity index (χ1) is 10.3. The molecule has 1 aliphatic rings. The summed E-state index contributed by atoms with van der Waals surface area (Å²) in [5.41, 5.74) is 1.96. The van der Waals surface area contributed by atoms with Crippen LogP contribution in [0.4, 0.5) is 0 Å². The predicted octanol–water partition coefficient (Wildman–Crippen LogP) is 3.31. The van der Waals surface area contributed by atoms with Crippen molar-refractivity contribution in [3.8, 4) is 0 Å². The minimum atomic E-state index is -0.358. The summed E-state index contributed by atoms with van der Waals surface area (Å²) in [7, 11) is 1.38. The van der Waals surface area contributed by atoms with E-state index in [0.29, 0.717) is 6.04 Å². The summed E-state index contributed by atoms with van der Waals surface area (Å²) >= 11 is 0. The fourth-order valence-corrected chi connectivity index (χ4v) is 2.88. The number of rotatable bonds is 6. The molecule has 1 fully saturated rings. The minimum Gasteiger partial charge on any atom is -0.466 e. The Morgan fingerprint density at radius 3 is 2.81 bits per heavy atom. The van der Waals surface area contributed by atoms with Crippen LogP contribution in [0.25, 0.3) is 6.08 Å². The summed E-state index contributed by atoms with van der Waals surface area (Å²) in [5, 5.41) is 8.63. The lowest BCUT2D eigenvalue weighted by atomic mass is 9.95. The van der Waals surface area contributed by atoms with E-state index in [1.165, 1.54) is 45.3 Å². The fraction of sp³-hybridized carbons (Fsp3) is 0.688. The number of esters is 1. The molecule has 0 aliphatic heterocycles. The molecule has 1 aliphatic carbocycles. The van der Waals surface area contributed by atoms with Gasteiger partial charge in [-0.15, -0.1) is 5.10 Å². The van der Waals surface area contributed by atoms with Gasteiger partial charge in [0.1, 0.15) is 5.69 Å². The number of ether oxygens (including phenoxy) is 1. The normalized spacial score (nSPS) is 16.5. The van der Waals surface area contributed by atoms with E-state index in [0.717, 1.165) is 30.7 Å². The Bertz CT molecular complexity index is 488. The van der Waals surface area contributed by atoms with E-state index in [1.807, 2.05) is 0 Å². The molecule has 1 heterocycles. The van der Waals surface area contributed by atoms with Crippen LogP contribution in [0.1, 0.15) is 69.3 Å². The number of nitrogens with zero attached hydrogens (tertiary/aromatic N) is 3. The van der Waals surface area contributed by atoms with Gasteiger partial charge in [0.15, 0.2) is 0 Å². The smallest absolute Gasteiger partial charge is 0.330 e. The Labute approximate surface area is 126 Å². The first kappa shape index (κ1) is 15.7. The van der Waals surface area contributed by atoms with Gasteiger partial charge < -0.3 is 4.74 Å². The quantitative estimate of drug-likeness (QED) is 0.596. The van der Waals surface area contributed by atoms with Gasteiger partial charge in [-0.2, -0.15) is 0 Å². The molecular weight excluding hydrogens is 266 g/mol. The van der Waals surface area contributed by atoms with Crippen molar-refractivity contribution in [2.75, 3.05) is 7.11 Å². The molecule has 1 aromatic heterocycles. The zero-order chi connectivity index (χ0) is 15.1. The van der Waals surface area contributed by atoms with Gasteiger partial charge in [0.2, 0.25) is 0 Å². The molecule has 5 nitrogen and oxygen atoms in total. The lowest BCUT2D eigenvalue weighted by molar-refractivity contribution is -0.134. The molecular formula is C16H25N3O2. The highest BCUT2D eigenvalue weighted by Crippen LogP contribution is 2.29. The SMILES string of the molecule is CCCCc1c(/C=C/C(=O)OC)nnn1C1CCCCC1. The number of carbonyl (C=O) groups excluding carboxylic acids is 1. The molecule has 0 unspecified atom stereocenters. The van der Waals surface area contributed by atoms with Crippen molar-refractivity contribution < 1.29 is 9.53 Å². The predicted molar refractivity (Wildman–Crippen MR) is 81.8 cm³/mol. The van der Waals surface area contributed by atoms with Crippen molar-refractivity contribution in [1.29, 1.82) is 0 Å². The summed E-state index contributed by atoms with van der Waals surface area (Å²) in [5.74, 6) is -0.358. The van der Waals surface area contributed by atoms with Crippen LogP contribution in [0.3, 0.4) is 0 Å². The second-order valence-corrected chi connectivity index (χ2v) is 5.62. The molecule has 0 N–H and O–H groups in total. The second-order valence-electron chi connectivity index (χ2n) is 5.62. The Morgan fingerprint density at radius 1 is 1.38 bits per heavy atom. The third-order valence-corrected chi connectivity index (χ3v) is 4.09. The van der Waals surface area contributed by atoms with Crippen LogP contribution in [-0.4, -0.2) is 28.1 Å². The lowest BCUT2D eigenvalue weighted by Gasteiger charge is -2.23. The molecule has 1 aromatic rings. The van der Waals surface area contributed by atoms with Gasteiger partial charge in [0, 0.05) is 6.08 Å². The molecule has 0 amide bonds. The van der Waals surface area contributed by atoms with Crippen LogP contribution in [-0.2, 0) is 16.0 Å². The van der Waals surface area contributed by atoms with E-state index in [1.54, 1.807) is 6.08 Å².